The van der Waals surface area contributed by atoms with Crippen molar-refractivity contribution in [3.8, 4) is 5.75 Å². The summed E-state index contributed by atoms with van der Waals surface area (Å²) in [4.78, 5) is 50.6. The number of benzene rings is 2. The summed E-state index contributed by atoms with van der Waals surface area (Å²) in [6.45, 7) is 0.798. The van der Waals surface area contributed by atoms with Crippen molar-refractivity contribution in [1.82, 2.24) is 14.6 Å². The molecule has 2 fully saturated rings. The molecule has 1 aliphatic heterocycles. The number of carboxylic acids is 1. The van der Waals surface area contributed by atoms with Gasteiger partial charge in [-0.25, -0.2) is 14.2 Å². The average molecular weight is 616 g/mol. The first-order chi connectivity index (χ1) is 20.5. The maximum absolute atomic E-state index is 14.0. The van der Waals surface area contributed by atoms with Crippen LogP contribution in [0.1, 0.15) is 41.9 Å². The first-order valence-corrected chi connectivity index (χ1v) is 15.0. The highest BCUT2D eigenvalue weighted by molar-refractivity contribution is 7.52. The van der Waals surface area contributed by atoms with Crippen molar-refractivity contribution in [2.24, 2.45) is 5.41 Å². The van der Waals surface area contributed by atoms with Crippen molar-refractivity contribution in [3.05, 3.63) is 98.8 Å². The number of hydrogen-bond donors (Lipinski definition) is 4. The lowest BCUT2D eigenvalue weighted by atomic mass is 9.96. The van der Waals surface area contributed by atoms with Crippen molar-refractivity contribution in [2.45, 2.75) is 50.8 Å². The zero-order valence-corrected chi connectivity index (χ0v) is 23.8. The summed E-state index contributed by atoms with van der Waals surface area (Å²) in [6.07, 6.45) is -0.881. The Morgan fingerprint density at radius 2 is 1.84 bits per heavy atom. The molecule has 1 saturated carbocycles. The quantitative estimate of drug-likeness (QED) is 0.172. The maximum atomic E-state index is 14.0. The summed E-state index contributed by atoms with van der Waals surface area (Å²) < 4.78 is 37.7. The van der Waals surface area contributed by atoms with E-state index in [2.05, 4.69) is 10.1 Å². The molecule has 228 valence electrons. The molecule has 2 aliphatic rings. The second kappa shape index (κ2) is 12.3. The molecule has 3 aromatic rings. The Morgan fingerprint density at radius 1 is 1.14 bits per heavy atom. The van der Waals surface area contributed by atoms with Crippen LogP contribution >= 0.6 is 7.75 Å². The van der Waals surface area contributed by atoms with Crippen LogP contribution < -0.4 is 20.9 Å². The lowest BCUT2D eigenvalue weighted by Crippen LogP contribution is -2.37. The summed E-state index contributed by atoms with van der Waals surface area (Å²) in [5.74, 6) is -2.42. The van der Waals surface area contributed by atoms with E-state index in [9.17, 15) is 34.0 Å². The third-order valence-electron chi connectivity index (χ3n) is 7.34. The van der Waals surface area contributed by atoms with Crippen molar-refractivity contribution in [1.29, 1.82) is 0 Å². The fourth-order valence-electron chi connectivity index (χ4n) is 4.92. The number of aliphatic hydroxyl groups is 1. The van der Waals surface area contributed by atoms with Crippen molar-refractivity contribution < 1.29 is 42.9 Å². The second-order valence-electron chi connectivity index (χ2n) is 10.4. The number of aliphatic hydroxyl groups excluding tert-OH is 1. The molecule has 1 aliphatic carbocycles. The number of carboxylic acid groups (broad SMARTS) is 1. The number of nitrogens with zero attached hydrogens (tertiary/aromatic N) is 1. The minimum Gasteiger partial charge on any atom is -0.478 e. The van der Waals surface area contributed by atoms with Crippen LogP contribution in [0.4, 0.5) is 0 Å². The monoisotopic (exact) mass is 615 g/mol. The van der Waals surface area contributed by atoms with Gasteiger partial charge in [0.2, 0.25) is 0 Å². The number of carbonyl (C=O) groups is 2. The molecule has 2 aromatic carbocycles. The largest absolute Gasteiger partial charge is 0.478 e. The van der Waals surface area contributed by atoms with Gasteiger partial charge in [0, 0.05) is 17.7 Å². The maximum Gasteiger partial charge on any atom is 0.459 e. The molecule has 4 N–H and O–H groups in total. The number of hydrogen-bond acceptors (Lipinski definition) is 10. The van der Waals surface area contributed by atoms with Crippen LogP contribution in [0.2, 0.25) is 0 Å². The molecule has 5 rings (SSSR count). The molecular weight excluding hydrogens is 585 g/mol. The van der Waals surface area contributed by atoms with E-state index in [1.807, 2.05) is 6.07 Å². The molecule has 0 amide bonds. The summed E-state index contributed by atoms with van der Waals surface area (Å²) in [6, 6.07) is 14.3. The Bertz CT molecular complexity index is 1650. The van der Waals surface area contributed by atoms with Gasteiger partial charge in [0.1, 0.15) is 36.3 Å². The van der Waals surface area contributed by atoms with E-state index in [1.54, 1.807) is 24.3 Å². The summed E-state index contributed by atoms with van der Waals surface area (Å²) in [5.41, 5.74) is -1.72. The van der Waals surface area contributed by atoms with Crippen molar-refractivity contribution >= 4 is 19.7 Å². The first-order valence-electron chi connectivity index (χ1n) is 13.4. The van der Waals surface area contributed by atoms with Gasteiger partial charge in [-0.2, -0.15) is 5.09 Å². The first kappa shape index (κ1) is 30.4. The summed E-state index contributed by atoms with van der Waals surface area (Å²) in [7, 11) is -4.54. The SMILES string of the molecule is C[C@H](NP(=O)(OC[C@H]1O[C@@H](n2ccc(=O)[nH]c2=O)C2(CC2)[C@@H]1O)Oc1ccccc1C(=O)O)C(=O)OCc1ccccc1. The fraction of sp³-hybridized carbons (Fsp3) is 0.357. The Balaban J connectivity index is 1.34. The van der Waals surface area contributed by atoms with Crippen LogP contribution in [0, 0.1) is 5.41 Å². The number of nitrogens with one attached hydrogen (secondary N) is 2. The van der Waals surface area contributed by atoms with Crippen LogP contribution in [-0.2, 0) is 30.0 Å². The van der Waals surface area contributed by atoms with Gasteiger partial charge in [-0.3, -0.25) is 23.7 Å². The molecule has 5 atom stereocenters. The lowest BCUT2D eigenvalue weighted by Gasteiger charge is -2.25. The molecule has 43 heavy (non-hydrogen) atoms. The number of aromatic amines is 1. The van der Waals surface area contributed by atoms with Gasteiger partial charge >= 0.3 is 25.4 Å². The van der Waals surface area contributed by atoms with E-state index in [1.165, 1.54) is 42.0 Å². The van der Waals surface area contributed by atoms with Gasteiger partial charge in [0.05, 0.1) is 12.7 Å². The van der Waals surface area contributed by atoms with Gasteiger partial charge in [0.15, 0.2) is 0 Å². The Kier molecular flexibility index (Phi) is 8.67. The van der Waals surface area contributed by atoms with Gasteiger partial charge in [-0.15, -0.1) is 0 Å². The van der Waals surface area contributed by atoms with E-state index in [0.717, 1.165) is 11.6 Å². The fourth-order valence-corrected chi connectivity index (χ4v) is 6.44. The molecule has 1 aromatic heterocycles. The highest BCUT2D eigenvalue weighted by Gasteiger charge is 2.64. The predicted octanol–water partition coefficient (Wildman–Crippen LogP) is 2.20. The molecule has 0 radical (unpaired) electrons. The minimum atomic E-state index is -4.54. The number of para-hydroxylation sites is 1. The van der Waals surface area contributed by atoms with Crippen LogP contribution in [0.3, 0.4) is 0 Å². The summed E-state index contributed by atoms with van der Waals surface area (Å²) in [5, 5.41) is 23.2. The molecule has 15 heteroatoms. The topological polar surface area (TPSA) is 195 Å². The van der Waals surface area contributed by atoms with E-state index < -0.39 is 67.4 Å². The van der Waals surface area contributed by atoms with Crippen molar-refractivity contribution in [2.75, 3.05) is 6.61 Å². The number of esters is 1. The van der Waals surface area contributed by atoms with E-state index in [0.29, 0.717) is 12.8 Å². The van der Waals surface area contributed by atoms with Gasteiger partial charge < -0.3 is 24.2 Å². The second-order valence-corrected chi connectivity index (χ2v) is 12.0. The molecule has 1 unspecified atom stereocenters. The third kappa shape index (κ3) is 6.63. The zero-order chi connectivity index (χ0) is 30.8. The molecule has 14 nitrogen and oxygen atoms in total. The Hall–Kier alpha value is -4.07. The highest BCUT2D eigenvalue weighted by atomic mass is 31.2. The Labute approximate surface area is 244 Å². The smallest absolute Gasteiger partial charge is 0.459 e. The lowest BCUT2D eigenvalue weighted by molar-refractivity contribution is -0.146. The Morgan fingerprint density at radius 3 is 2.51 bits per heavy atom. The zero-order valence-electron chi connectivity index (χ0n) is 23.0. The van der Waals surface area contributed by atoms with Gasteiger partial charge in [0.25, 0.3) is 5.56 Å². The average Bonchev–Trinajstić information content (AvgIpc) is 3.74. The van der Waals surface area contributed by atoms with Gasteiger partial charge in [-0.05, 0) is 37.5 Å². The molecule has 2 heterocycles. The van der Waals surface area contributed by atoms with Crippen LogP contribution in [-0.4, -0.2) is 56.6 Å². The van der Waals surface area contributed by atoms with E-state index >= 15 is 0 Å². The van der Waals surface area contributed by atoms with Crippen LogP contribution in [0.25, 0.3) is 0 Å². The standard InChI is InChI=1S/C28H30N3O11P/c1-17(25(36)39-15-18-7-3-2-4-8-18)30-43(38,42-20-10-6-5-9-19(20)24(34)35)40-16-21-23(33)28(12-13-28)26(41-21)31-14-11-22(32)29-27(31)37/h2-11,14,17,21,23,26,33H,12-13,15-16H2,1H3,(H,30,38)(H,34,35)(H,29,32,37)/t17-,21+,23+,26+,43?/m0/s1. The molecular formula is C28H30N3O11P. The summed E-state index contributed by atoms with van der Waals surface area (Å²) >= 11 is 0. The van der Waals surface area contributed by atoms with E-state index in [4.69, 9.17) is 18.5 Å². The minimum absolute atomic E-state index is 0.0464. The molecule has 1 saturated heterocycles. The molecule has 1 spiro atoms. The van der Waals surface area contributed by atoms with Crippen LogP contribution in [0.5, 0.6) is 5.75 Å². The number of aromatic carboxylic acids is 1. The normalized spacial score (nSPS) is 22.4. The molecule has 0 bridgehead atoms. The van der Waals surface area contributed by atoms with Gasteiger partial charge in [-0.1, -0.05) is 42.5 Å². The number of ether oxygens (including phenoxy) is 2. The predicted molar refractivity (Wildman–Crippen MR) is 149 cm³/mol. The number of carbonyl (C=O) groups excluding carboxylic acids is 1. The van der Waals surface area contributed by atoms with Crippen molar-refractivity contribution in [3.63, 3.8) is 0 Å². The number of rotatable bonds is 12. The van der Waals surface area contributed by atoms with Crippen LogP contribution in [0.15, 0.2) is 76.4 Å². The number of H-pyrrole nitrogens is 1. The highest BCUT2D eigenvalue weighted by Crippen LogP contribution is 2.62. The number of aromatic nitrogens is 2. The van der Waals surface area contributed by atoms with E-state index in [-0.39, 0.29) is 17.9 Å². The third-order valence-corrected chi connectivity index (χ3v) is 8.97.